The van der Waals surface area contributed by atoms with E-state index in [2.05, 4.69) is 20.6 Å². The van der Waals surface area contributed by atoms with Crippen LogP contribution in [-0.2, 0) is 13.0 Å². The Morgan fingerprint density at radius 3 is 2.72 bits per heavy atom. The average Bonchev–Trinajstić information content (AvgIpc) is 3.08. The predicted octanol–water partition coefficient (Wildman–Crippen LogP) is 1.99. The molecule has 0 aliphatic heterocycles. The van der Waals surface area contributed by atoms with Crippen LogP contribution in [-0.4, -0.2) is 24.0 Å². The van der Waals surface area contributed by atoms with Gasteiger partial charge in [0.15, 0.2) is 11.9 Å². The molecular formula is C12H21IN4O. The lowest BCUT2D eigenvalue weighted by Crippen LogP contribution is -2.38. The van der Waals surface area contributed by atoms with Crippen molar-refractivity contribution in [1.29, 1.82) is 0 Å². The molecule has 1 aliphatic rings. The van der Waals surface area contributed by atoms with Gasteiger partial charge in [-0.15, -0.1) is 24.0 Å². The molecule has 102 valence electrons. The molecule has 18 heavy (non-hydrogen) atoms. The third-order valence-electron chi connectivity index (χ3n) is 2.80. The van der Waals surface area contributed by atoms with E-state index in [1.165, 1.54) is 12.8 Å². The molecule has 0 amide bonds. The lowest BCUT2D eigenvalue weighted by molar-refractivity contribution is 0.453. The number of hydrogen-bond acceptors (Lipinski definition) is 3. The van der Waals surface area contributed by atoms with E-state index >= 15 is 0 Å². The Bertz CT molecular complexity index is 412. The molecule has 0 saturated heterocycles. The van der Waals surface area contributed by atoms with Crippen molar-refractivity contribution in [1.82, 2.24) is 15.6 Å². The van der Waals surface area contributed by atoms with Crippen LogP contribution in [0.5, 0.6) is 0 Å². The summed E-state index contributed by atoms with van der Waals surface area (Å²) in [6.07, 6.45) is 3.31. The SMILES string of the molecule is CCc1nc(C)c(CNC(=NC)NC2CC2)o1.I. The van der Waals surface area contributed by atoms with Crippen molar-refractivity contribution in [3.05, 3.63) is 17.3 Å². The molecule has 1 heterocycles. The van der Waals surface area contributed by atoms with Gasteiger partial charge in [0.1, 0.15) is 5.76 Å². The number of nitrogens with zero attached hydrogens (tertiary/aromatic N) is 2. The quantitative estimate of drug-likeness (QED) is 0.487. The molecule has 2 N–H and O–H groups in total. The summed E-state index contributed by atoms with van der Waals surface area (Å²) in [7, 11) is 1.78. The summed E-state index contributed by atoms with van der Waals surface area (Å²) in [6, 6.07) is 0.600. The van der Waals surface area contributed by atoms with Crippen molar-refractivity contribution < 1.29 is 4.42 Å². The summed E-state index contributed by atoms with van der Waals surface area (Å²) in [4.78, 5) is 8.51. The van der Waals surface area contributed by atoms with Crippen molar-refractivity contribution in [2.45, 2.75) is 45.7 Å². The second kappa shape index (κ2) is 6.96. The van der Waals surface area contributed by atoms with Crippen molar-refractivity contribution in [2.75, 3.05) is 7.05 Å². The highest BCUT2D eigenvalue weighted by Crippen LogP contribution is 2.18. The van der Waals surface area contributed by atoms with Crippen LogP contribution in [0.25, 0.3) is 0 Å². The molecule has 5 nitrogen and oxygen atoms in total. The Kier molecular flexibility index (Phi) is 5.90. The standard InChI is InChI=1S/C12H20N4O.HI/c1-4-11-15-8(2)10(17-11)7-14-12(13-3)16-9-5-6-9;/h9H,4-7H2,1-3H3,(H2,13,14,16);1H. The minimum atomic E-state index is 0. The summed E-state index contributed by atoms with van der Waals surface area (Å²) in [5, 5.41) is 6.57. The van der Waals surface area contributed by atoms with Gasteiger partial charge in [-0.1, -0.05) is 6.92 Å². The van der Waals surface area contributed by atoms with Gasteiger partial charge in [0.25, 0.3) is 0 Å². The molecule has 0 aromatic carbocycles. The zero-order chi connectivity index (χ0) is 12.3. The van der Waals surface area contributed by atoms with Crippen molar-refractivity contribution in [3.63, 3.8) is 0 Å². The fourth-order valence-electron chi connectivity index (χ4n) is 1.58. The second-order valence-corrected chi connectivity index (χ2v) is 4.31. The van der Waals surface area contributed by atoms with Gasteiger partial charge in [-0.25, -0.2) is 4.98 Å². The van der Waals surface area contributed by atoms with Gasteiger partial charge in [0.2, 0.25) is 0 Å². The van der Waals surface area contributed by atoms with E-state index in [-0.39, 0.29) is 24.0 Å². The van der Waals surface area contributed by atoms with Crippen LogP contribution in [0, 0.1) is 6.92 Å². The van der Waals surface area contributed by atoms with Crippen molar-refractivity contribution >= 4 is 29.9 Å². The van der Waals surface area contributed by atoms with Crippen LogP contribution in [0.3, 0.4) is 0 Å². The lowest BCUT2D eigenvalue weighted by atomic mass is 10.4. The summed E-state index contributed by atoms with van der Waals surface area (Å²) >= 11 is 0. The van der Waals surface area contributed by atoms with E-state index in [4.69, 9.17) is 4.42 Å². The molecule has 1 saturated carbocycles. The van der Waals surface area contributed by atoms with E-state index < -0.39 is 0 Å². The Hall–Kier alpha value is -0.790. The van der Waals surface area contributed by atoms with Crippen LogP contribution in [0.1, 0.15) is 37.1 Å². The zero-order valence-corrected chi connectivity index (χ0v) is 13.4. The Morgan fingerprint density at radius 2 is 2.22 bits per heavy atom. The van der Waals surface area contributed by atoms with Gasteiger partial charge in [0, 0.05) is 19.5 Å². The van der Waals surface area contributed by atoms with Crippen LogP contribution in [0.4, 0.5) is 0 Å². The normalized spacial score (nSPS) is 15.2. The summed E-state index contributed by atoms with van der Waals surface area (Å²) < 4.78 is 5.62. The molecule has 2 rings (SSSR count). The monoisotopic (exact) mass is 364 g/mol. The van der Waals surface area contributed by atoms with E-state index in [0.29, 0.717) is 12.6 Å². The number of nitrogens with one attached hydrogen (secondary N) is 2. The van der Waals surface area contributed by atoms with Crippen LogP contribution in [0.15, 0.2) is 9.41 Å². The number of aliphatic imine (C=N–C) groups is 1. The van der Waals surface area contributed by atoms with Gasteiger partial charge in [0.05, 0.1) is 12.2 Å². The molecular weight excluding hydrogens is 343 g/mol. The number of halogens is 1. The van der Waals surface area contributed by atoms with Crippen molar-refractivity contribution in [3.8, 4) is 0 Å². The van der Waals surface area contributed by atoms with Gasteiger partial charge in [-0.3, -0.25) is 4.99 Å². The Balaban J connectivity index is 0.00000162. The minimum Gasteiger partial charge on any atom is -0.444 e. The number of aryl methyl sites for hydroxylation is 2. The molecule has 1 aromatic rings. The molecule has 0 radical (unpaired) electrons. The maximum Gasteiger partial charge on any atom is 0.194 e. The largest absolute Gasteiger partial charge is 0.444 e. The summed E-state index contributed by atoms with van der Waals surface area (Å²) in [5.74, 6) is 2.52. The van der Waals surface area contributed by atoms with Gasteiger partial charge in [-0.05, 0) is 19.8 Å². The third kappa shape index (κ3) is 4.15. The van der Waals surface area contributed by atoms with E-state index in [0.717, 1.165) is 29.7 Å². The minimum absolute atomic E-state index is 0. The number of rotatable bonds is 4. The number of hydrogen-bond donors (Lipinski definition) is 2. The van der Waals surface area contributed by atoms with Crippen molar-refractivity contribution in [2.24, 2.45) is 4.99 Å². The lowest BCUT2D eigenvalue weighted by Gasteiger charge is -2.09. The maximum absolute atomic E-state index is 5.62. The number of aromatic nitrogens is 1. The van der Waals surface area contributed by atoms with E-state index in [1.54, 1.807) is 7.05 Å². The number of guanidine groups is 1. The average molecular weight is 364 g/mol. The molecule has 1 aromatic heterocycles. The molecule has 1 aliphatic carbocycles. The van der Waals surface area contributed by atoms with Crippen LogP contribution < -0.4 is 10.6 Å². The zero-order valence-electron chi connectivity index (χ0n) is 11.1. The molecule has 0 atom stereocenters. The van der Waals surface area contributed by atoms with Gasteiger partial charge >= 0.3 is 0 Å². The molecule has 0 bridgehead atoms. The molecule has 0 spiro atoms. The first-order valence-corrected chi connectivity index (χ1v) is 6.15. The number of oxazole rings is 1. The first kappa shape index (κ1) is 15.3. The van der Waals surface area contributed by atoms with Crippen LogP contribution in [0.2, 0.25) is 0 Å². The fourth-order valence-corrected chi connectivity index (χ4v) is 1.58. The Labute approximate surface area is 125 Å². The molecule has 1 fully saturated rings. The Morgan fingerprint density at radius 1 is 1.50 bits per heavy atom. The predicted molar refractivity (Wildman–Crippen MR) is 82.4 cm³/mol. The van der Waals surface area contributed by atoms with E-state index in [1.807, 2.05) is 13.8 Å². The van der Waals surface area contributed by atoms with Gasteiger partial charge < -0.3 is 15.1 Å². The first-order chi connectivity index (χ1) is 8.22. The topological polar surface area (TPSA) is 62.5 Å². The van der Waals surface area contributed by atoms with Crippen LogP contribution >= 0.6 is 24.0 Å². The highest BCUT2D eigenvalue weighted by atomic mass is 127. The fraction of sp³-hybridized carbons (Fsp3) is 0.667. The van der Waals surface area contributed by atoms with Gasteiger partial charge in [-0.2, -0.15) is 0 Å². The first-order valence-electron chi connectivity index (χ1n) is 6.15. The molecule has 0 unspecified atom stereocenters. The second-order valence-electron chi connectivity index (χ2n) is 4.31. The third-order valence-corrected chi connectivity index (χ3v) is 2.80. The smallest absolute Gasteiger partial charge is 0.194 e. The summed E-state index contributed by atoms with van der Waals surface area (Å²) in [6.45, 7) is 4.64. The highest BCUT2D eigenvalue weighted by molar-refractivity contribution is 14.0. The van der Waals surface area contributed by atoms with E-state index in [9.17, 15) is 0 Å². The summed E-state index contributed by atoms with van der Waals surface area (Å²) in [5.41, 5.74) is 0.955. The highest BCUT2D eigenvalue weighted by Gasteiger charge is 2.22. The maximum atomic E-state index is 5.62. The molecule has 6 heteroatoms.